The molecule has 0 aliphatic heterocycles. The third kappa shape index (κ3) is 7.91. The quantitative estimate of drug-likeness (QED) is 0.618. The van der Waals surface area contributed by atoms with Crippen molar-refractivity contribution < 1.29 is 4.74 Å². The minimum absolute atomic E-state index is 0.818. The van der Waals surface area contributed by atoms with E-state index in [0.29, 0.717) is 0 Å². The van der Waals surface area contributed by atoms with Gasteiger partial charge in [-0.2, -0.15) is 0 Å². The number of nitrogens with zero attached hydrogens (tertiary/aromatic N) is 1. The molecule has 114 valence electrons. The van der Waals surface area contributed by atoms with Gasteiger partial charge in [-0.25, -0.2) is 0 Å². The van der Waals surface area contributed by atoms with Crippen LogP contribution in [-0.2, 0) is 4.74 Å². The Hall–Kier alpha value is -0.120. The zero-order valence-corrected chi connectivity index (χ0v) is 13.3. The van der Waals surface area contributed by atoms with Crippen LogP contribution >= 0.6 is 0 Å². The summed E-state index contributed by atoms with van der Waals surface area (Å²) in [4.78, 5) is 2.54. The lowest BCUT2D eigenvalue weighted by Gasteiger charge is -2.33. The standard InChI is InChI=1S/C16H34N2O/c1-4-5-13-19-14-11-17-10-12-18(3)16-8-6-15(2)7-9-16/h15-17H,4-14H2,1-3H3. The first-order chi connectivity index (χ1) is 9.24. The van der Waals surface area contributed by atoms with Crippen molar-refractivity contribution in [3.8, 4) is 0 Å². The van der Waals surface area contributed by atoms with E-state index in [1.807, 2.05) is 0 Å². The highest BCUT2D eigenvalue weighted by Gasteiger charge is 2.20. The fraction of sp³-hybridized carbons (Fsp3) is 1.00. The lowest BCUT2D eigenvalue weighted by Crippen LogP contribution is -2.39. The predicted molar refractivity (Wildman–Crippen MR) is 82.6 cm³/mol. The minimum Gasteiger partial charge on any atom is -0.380 e. The molecule has 0 bridgehead atoms. The van der Waals surface area contributed by atoms with Crippen molar-refractivity contribution in [3.05, 3.63) is 0 Å². The van der Waals surface area contributed by atoms with Crippen LogP contribution in [0.15, 0.2) is 0 Å². The van der Waals surface area contributed by atoms with E-state index in [1.54, 1.807) is 0 Å². The monoisotopic (exact) mass is 270 g/mol. The zero-order chi connectivity index (χ0) is 13.9. The summed E-state index contributed by atoms with van der Waals surface area (Å²) < 4.78 is 5.53. The Bertz CT molecular complexity index is 203. The minimum atomic E-state index is 0.818. The maximum Gasteiger partial charge on any atom is 0.0590 e. The summed E-state index contributed by atoms with van der Waals surface area (Å²) in [5.74, 6) is 0.947. The molecule has 1 saturated carbocycles. The van der Waals surface area contributed by atoms with Gasteiger partial charge in [0.2, 0.25) is 0 Å². The number of ether oxygens (including phenoxy) is 1. The second kappa shape index (κ2) is 10.6. The van der Waals surface area contributed by atoms with Gasteiger partial charge in [-0.05, 0) is 45.1 Å². The number of rotatable bonds is 10. The van der Waals surface area contributed by atoms with Gasteiger partial charge in [0, 0.05) is 32.3 Å². The zero-order valence-electron chi connectivity index (χ0n) is 13.3. The molecule has 0 unspecified atom stereocenters. The molecule has 1 rings (SSSR count). The van der Waals surface area contributed by atoms with Gasteiger partial charge in [-0.15, -0.1) is 0 Å². The van der Waals surface area contributed by atoms with Crippen molar-refractivity contribution in [3.63, 3.8) is 0 Å². The molecule has 0 saturated heterocycles. The van der Waals surface area contributed by atoms with E-state index in [-0.39, 0.29) is 0 Å². The van der Waals surface area contributed by atoms with Crippen molar-refractivity contribution in [2.24, 2.45) is 5.92 Å². The van der Waals surface area contributed by atoms with Crippen LogP contribution in [0.1, 0.15) is 52.4 Å². The fourth-order valence-electron chi connectivity index (χ4n) is 2.74. The van der Waals surface area contributed by atoms with Gasteiger partial charge < -0.3 is 15.0 Å². The summed E-state index contributed by atoms with van der Waals surface area (Å²) in [6, 6.07) is 0.818. The molecule has 0 amide bonds. The number of nitrogens with one attached hydrogen (secondary N) is 1. The average molecular weight is 270 g/mol. The maximum absolute atomic E-state index is 5.53. The van der Waals surface area contributed by atoms with E-state index in [2.05, 4.69) is 31.1 Å². The molecular weight excluding hydrogens is 236 g/mol. The summed E-state index contributed by atoms with van der Waals surface area (Å²) in [5, 5.41) is 3.47. The maximum atomic E-state index is 5.53. The van der Waals surface area contributed by atoms with E-state index < -0.39 is 0 Å². The van der Waals surface area contributed by atoms with Crippen molar-refractivity contribution in [1.29, 1.82) is 0 Å². The first-order valence-corrected chi connectivity index (χ1v) is 8.22. The third-order valence-electron chi connectivity index (χ3n) is 4.32. The molecule has 0 aromatic rings. The SMILES string of the molecule is CCCCOCCNCCN(C)C1CCC(C)CC1. The summed E-state index contributed by atoms with van der Waals surface area (Å²) in [6.45, 7) is 9.58. The third-order valence-corrected chi connectivity index (χ3v) is 4.32. The highest BCUT2D eigenvalue weighted by atomic mass is 16.5. The van der Waals surface area contributed by atoms with E-state index in [4.69, 9.17) is 4.74 Å². The van der Waals surface area contributed by atoms with Crippen LogP contribution in [-0.4, -0.2) is 50.8 Å². The van der Waals surface area contributed by atoms with Gasteiger partial charge in [0.05, 0.1) is 6.61 Å². The molecule has 0 heterocycles. The Morgan fingerprint density at radius 2 is 1.84 bits per heavy atom. The van der Waals surface area contributed by atoms with Crippen LogP contribution < -0.4 is 5.32 Å². The summed E-state index contributed by atoms with van der Waals surface area (Å²) in [7, 11) is 2.28. The van der Waals surface area contributed by atoms with Crippen LogP contribution in [0.5, 0.6) is 0 Å². The van der Waals surface area contributed by atoms with Crippen molar-refractivity contribution in [2.45, 2.75) is 58.4 Å². The van der Waals surface area contributed by atoms with E-state index in [0.717, 1.165) is 44.8 Å². The number of hydrogen-bond donors (Lipinski definition) is 1. The van der Waals surface area contributed by atoms with Crippen molar-refractivity contribution >= 4 is 0 Å². The van der Waals surface area contributed by atoms with Crippen LogP contribution in [0, 0.1) is 5.92 Å². The second-order valence-corrected chi connectivity index (χ2v) is 6.11. The molecule has 3 heteroatoms. The Morgan fingerprint density at radius 1 is 1.11 bits per heavy atom. The lowest BCUT2D eigenvalue weighted by molar-refractivity contribution is 0.130. The number of unbranched alkanes of at least 4 members (excludes halogenated alkanes) is 1. The number of hydrogen-bond acceptors (Lipinski definition) is 3. The van der Waals surface area contributed by atoms with Crippen molar-refractivity contribution in [1.82, 2.24) is 10.2 Å². The highest BCUT2D eigenvalue weighted by molar-refractivity contribution is 4.76. The average Bonchev–Trinajstić information content (AvgIpc) is 2.42. The molecule has 0 radical (unpaired) electrons. The van der Waals surface area contributed by atoms with Gasteiger partial charge in [0.1, 0.15) is 0 Å². The molecule has 1 N–H and O–H groups in total. The first kappa shape index (κ1) is 16.9. The van der Waals surface area contributed by atoms with Gasteiger partial charge in [-0.3, -0.25) is 0 Å². The molecule has 1 aliphatic carbocycles. The molecule has 19 heavy (non-hydrogen) atoms. The molecule has 0 atom stereocenters. The van der Waals surface area contributed by atoms with E-state index in [9.17, 15) is 0 Å². The lowest BCUT2D eigenvalue weighted by atomic mass is 9.87. The van der Waals surface area contributed by atoms with Crippen LogP contribution in [0.4, 0.5) is 0 Å². The topological polar surface area (TPSA) is 24.5 Å². The molecule has 1 aliphatic rings. The molecule has 3 nitrogen and oxygen atoms in total. The number of likely N-dealkylation sites (N-methyl/N-ethyl adjacent to an activating group) is 1. The van der Waals surface area contributed by atoms with Gasteiger partial charge in [0.25, 0.3) is 0 Å². The van der Waals surface area contributed by atoms with Crippen LogP contribution in [0.3, 0.4) is 0 Å². The fourth-order valence-corrected chi connectivity index (χ4v) is 2.74. The smallest absolute Gasteiger partial charge is 0.0590 e. The molecular formula is C16H34N2O. The molecule has 0 aromatic carbocycles. The van der Waals surface area contributed by atoms with Crippen LogP contribution in [0.25, 0.3) is 0 Å². The summed E-state index contributed by atoms with van der Waals surface area (Å²) >= 11 is 0. The molecule has 1 fully saturated rings. The Labute approximate surface area is 120 Å². The van der Waals surface area contributed by atoms with Gasteiger partial charge in [0.15, 0.2) is 0 Å². The largest absolute Gasteiger partial charge is 0.380 e. The van der Waals surface area contributed by atoms with Crippen molar-refractivity contribution in [2.75, 3.05) is 39.9 Å². The Balaban J connectivity index is 1.91. The summed E-state index contributed by atoms with van der Waals surface area (Å²) in [5.41, 5.74) is 0. The first-order valence-electron chi connectivity index (χ1n) is 8.22. The Kier molecular flexibility index (Phi) is 9.48. The predicted octanol–water partition coefficient (Wildman–Crippen LogP) is 2.90. The highest BCUT2D eigenvalue weighted by Crippen LogP contribution is 2.26. The normalized spacial score (nSPS) is 24.0. The van der Waals surface area contributed by atoms with Crippen LogP contribution in [0.2, 0.25) is 0 Å². The van der Waals surface area contributed by atoms with Gasteiger partial charge >= 0.3 is 0 Å². The molecule has 0 aromatic heterocycles. The van der Waals surface area contributed by atoms with E-state index in [1.165, 1.54) is 38.5 Å². The van der Waals surface area contributed by atoms with E-state index >= 15 is 0 Å². The van der Waals surface area contributed by atoms with Gasteiger partial charge in [-0.1, -0.05) is 20.3 Å². The summed E-state index contributed by atoms with van der Waals surface area (Å²) in [6.07, 6.45) is 8.00. The molecule has 0 spiro atoms. The second-order valence-electron chi connectivity index (χ2n) is 6.11. The Morgan fingerprint density at radius 3 is 2.53 bits per heavy atom.